The molecule has 0 spiro atoms. The average Bonchev–Trinajstić information content (AvgIpc) is 1.61. The van der Waals surface area contributed by atoms with Crippen LogP contribution in [-0.2, 0) is 9.53 Å². The van der Waals surface area contributed by atoms with Crippen LogP contribution in [0.2, 0.25) is 0 Å². The van der Waals surface area contributed by atoms with Gasteiger partial charge in [0.1, 0.15) is 0 Å². The smallest absolute Gasteiger partial charge is 0.309 e. The third kappa shape index (κ3) is 1.05. The molecule has 0 heterocycles. The quantitative estimate of drug-likeness (QED) is 0.592. The Morgan fingerprint density at radius 1 is 1.67 bits per heavy atom. The second kappa shape index (κ2) is 2.35. The van der Waals surface area contributed by atoms with Crippen LogP contribution in [0, 0.1) is 5.92 Å². The molecular weight excluding hydrogens is 120 g/mol. The topological polar surface area (TPSA) is 46.5 Å². The maximum atomic E-state index is 10.3. The molecule has 0 bridgehead atoms. The van der Waals surface area contributed by atoms with Crippen molar-refractivity contribution in [3.8, 4) is 0 Å². The van der Waals surface area contributed by atoms with Crippen molar-refractivity contribution < 1.29 is 14.6 Å². The first-order valence-electron chi connectivity index (χ1n) is 3.01. The van der Waals surface area contributed by atoms with Crippen LogP contribution >= 0.6 is 0 Å². The Hall–Kier alpha value is -0.570. The summed E-state index contributed by atoms with van der Waals surface area (Å²) in [5.41, 5.74) is 0. The van der Waals surface area contributed by atoms with E-state index in [1.807, 2.05) is 0 Å². The molecule has 0 aliphatic heterocycles. The Bertz CT molecular complexity index is 119. The zero-order valence-electron chi connectivity index (χ0n) is 5.33. The molecule has 0 radical (unpaired) electrons. The molecule has 3 nitrogen and oxygen atoms in total. The van der Waals surface area contributed by atoms with Crippen LogP contribution in [0.5, 0.6) is 0 Å². The SMILES string of the molecule is CO[C@H]1CC[C@H]1C(=O)O. The minimum atomic E-state index is -0.729. The molecule has 0 aromatic heterocycles. The first-order valence-corrected chi connectivity index (χ1v) is 3.01. The van der Waals surface area contributed by atoms with Crippen LogP contribution in [-0.4, -0.2) is 24.3 Å². The number of carbonyl (C=O) groups is 1. The zero-order chi connectivity index (χ0) is 6.85. The molecule has 3 heteroatoms. The zero-order valence-corrected chi connectivity index (χ0v) is 5.33. The van der Waals surface area contributed by atoms with Crippen LogP contribution in [0.15, 0.2) is 0 Å². The van der Waals surface area contributed by atoms with Crippen molar-refractivity contribution in [2.24, 2.45) is 5.92 Å². The first-order chi connectivity index (χ1) is 4.25. The van der Waals surface area contributed by atoms with Crippen molar-refractivity contribution in [3.05, 3.63) is 0 Å². The van der Waals surface area contributed by atoms with E-state index in [1.165, 1.54) is 0 Å². The molecule has 1 aliphatic rings. The summed E-state index contributed by atoms with van der Waals surface area (Å²) in [5.74, 6) is -0.969. The Kier molecular flexibility index (Phi) is 1.71. The van der Waals surface area contributed by atoms with Gasteiger partial charge in [-0.25, -0.2) is 0 Å². The van der Waals surface area contributed by atoms with Gasteiger partial charge in [-0.3, -0.25) is 4.79 Å². The van der Waals surface area contributed by atoms with Gasteiger partial charge in [0.15, 0.2) is 0 Å². The van der Waals surface area contributed by atoms with Gasteiger partial charge in [0.2, 0.25) is 0 Å². The lowest BCUT2D eigenvalue weighted by Crippen LogP contribution is -2.38. The molecule has 0 amide bonds. The molecule has 0 unspecified atom stereocenters. The largest absolute Gasteiger partial charge is 0.481 e. The lowest BCUT2D eigenvalue weighted by atomic mass is 9.82. The highest BCUT2D eigenvalue weighted by molar-refractivity contribution is 5.71. The van der Waals surface area contributed by atoms with Gasteiger partial charge in [0.05, 0.1) is 12.0 Å². The van der Waals surface area contributed by atoms with Crippen LogP contribution in [0.25, 0.3) is 0 Å². The average molecular weight is 130 g/mol. The summed E-state index contributed by atoms with van der Waals surface area (Å²) in [6.07, 6.45) is 1.64. The van der Waals surface area contributed by atoms with E-state index in [2.05, 4.69) is 0 Å². The van der Waals surface area contributed by atoms with Crippen LogP contribution < -0.4 is 0 Å². The highest BCUT2D eigenvalue weighted by atomic mass is 16.5. The predicted molar refractivity (Wildman–Crippen MR) is 31.2 cm³/mol. The number of hydrogen-bond acceptors (Lipinski definition) is 2. The van der Waals surface area contributed by atoms with Gasteiger partial charge in [-0.1, -0.05) is 0 Å². The fourth-order valence-corrected chi connectivity index (χ4v) is 1.03. The summed E-state index contributed by atoms with van der Waals surface area (Å²) in [6, 6.07) is 0. The molecule has 52 valence electrons. The maximum absolute atomic E-state index is 10.3. The highest BCUT2D eigenvalue weighted by Gasteiger charge is 2.36. The van der Waals surface area contributed by atoms with Crippen LogP contribution in [0.1, 0.15) is 12.8 Å². The van der Waals surface area contributed by atoms with Gasteiger partial charge < -0.3 is 9.84 Å². The number of carboxylic acids is 1. The number of rotatable bonds is 2. The molecule has 0 aromatic rings. The Balaban J connectivity index is 2.35. The number of hydrogen-bond donors (Lipinski definition) is 1. The van der Waals surface area contributed by atoms with Gasteiger partial charge >= 0.3 is 5.97 Å². The van der Waals surface area contributed by atoms with Gasteiger partial charge in [-0.2, -0.15) is 0 Å². The van der Waals surface area contributed by atoms with Crippen molar-refractivity contribution in [1.29, 1.82) is 0 Å². The summed E-state index contributed by atoms with van der Waals surface area (Å²) in [7, 11) is 1.56. The molecule has 0 aromatic carbocycles. The monoisotopic (exact) mass is 130 g/mol. The first kappa shape index (κ1) is 6.55. The lowest BCUT2D eigenvalue weighted by Gasteiger charge is -2.31. The van der Waals surface area contributed by atoms with Gasteiger partial charge in [0.25, 0.3) is 0 Å². The van der Waals surface area contributed by atoms with E-state index in [0.29, 0.717) is 0 Å². The van der Waals surface area contributed by atoms with Crippen molar-refractivity contribution in [2.45, 2.75) is 18.9 Å². The molecular formula is C6H10O3. The fourth-order valence-electron chi connectivity index (χ4n) is 1.03. The Morgan fingerprint density at radius 3 is 2.44 bits per heavy atom. The van der Waals surface area contributed by atoms with Crippen molar-refractivity contribution in [3.63, 3.8) is 0 Å². The van der Waals surface area contributed by atoms with E-state index < -0.39 is 5.97 Å². The standard InChI is InChI=1S/C6H10O3/c1-9-5-3-2-4(5)6(7)8/h4-5H,2-3H2,1H3,(H,7,8)/t4-,5+/m1/s1. The Labute approximate surface area is 53.6 Å². The van der Waals surface area contributed by atoms with Gasteiger partial charge in [0, 0.05) is 7.11 Å². The number of methoxy groups -OCH3 is 1. The normalized spacial score (nSPS) is 33.4. The van der Waals surface area contributed by atoms with E-state index in [1.54, 1.807) is 7.11 Å². The van der Waals surface area contributed by atoms with Gasteiger partial charge in [-0.15, -0.1) is 0 Å². The lowest BCUT2D eigenvalue weighted by molar-refractivity contribution is -0.153. The summed E-state index contributed by atoms with van der Waals surface area (Å²) >= 11 is 0. The summed E-state index contributed by atoms with van der Waals surface area (Å²) in [5, 5.41) is 8.45. The van der Waals surface area contributed by atoms with Crippen molar-refractivity contribution in [1.82, 2.24) is 0 Å². The molecule has 0 saturated heterocycles. The van der Waals surface area contributed by atoms with E-state index >= 15 is 0 Å². The molecule has 9 heavy (non-hydrogen) atoms. The summed E-state index contributed by atoms with van der Waals surface area (Å²) in [4.78, 5) is 10.3. The van der Waals surface area contributed by atoms with Crippen LogP contribution in [0.4, 0.5) is 0 Å². The predicted octanol–water partition coefficient (Wildman–Crippen LogP) is 0.496. The van der Waals surface area contributed by atoms with Crippen molar-refractivity contribution in [2.75, 3.05) is 7.11 Å². The van der Waals surface area contributed by atoms with E-state index in [4.69, 9.17) is 9.84 Å². The van der Waals surface area contributed by atoms with Gasteiger partial charge in [-0.05, 0) is 12.8 Å². The highest BCUT2D eigenvalue weighted by Crippen LogP contribution is 2.29. The van der Waals surface area contributed by atoms with Crippen LogP contribution in [0.3, 0.4) is 0 Å². The molecule has 2 atom stereocenters. The summed E-state index contributed by atoms with van der Waals surface area (Å²) < 4.78 is 4.88. The third-order valence-corrected chi connectivity index (χ3v) is 1.83. The summed E-state index contributed by atoms with van der Waals surface area (Å²) in [6.45, 7) is 0. The Morgan fingerprint density at radius 2 is 2.33 bits per heavy atom. The molecule has 1 aliphatic carbocycles. The molecule has 1 N–H and O–H groups in total. The second-order valence-corrected chi connectivity index (χ2v) is 2.30. The minimum absolute atomic E-state index is 0.0255. The van der Waals surface area contributed by atoms with E-state index in [-0.39, 0.29) is 12.0 Å². The molecule has 1 rings (SSSR count). The number of aliphatic carboxylic acids is 1. The maximum Gasteiger partial charge on any atom is 0.309 e. The number of ether oxygens (including phenoxy) is 1. The van der Waals surface area contributed by atoms with E-state index in [9.17, 15) is 4.79 Å². The third-order valence-electron chi connectivity index (χ3n) is 1.83. The fraction of sp³-hybridized carbons (Fsp3) is 0.833. The molecule has 1 fully saturated rings. The van der Waals surface area contributed by atoms with Crippen molar-refractivity contribution >= 4 is 5.97 Å². The second-order valence-electron chi connectivity index (χ2n) is 2.30. The minimum Gasteiger partial charge on any atom is -0.481 e. The van der Waals surface area contributed by atoms with E-state index in [0.717, 1.165) is 12.8 Å². The molecule has 1 saturated carbocycles. The number of carboxylic acid groups (broad SMARTS) is 1.